The topological polar surface area (TPSA) is 53.0 Å². The third-order valence-corrected chi connectivity index (χ3v) is 2.70. The number of anilines is 1. The predicted molar refractivity (Wildman–Crippen MR) is 67.4 cm³/mol. The molecule has 0 saturated carbocycles. The third-order valence-electron chi connectivity index (χ3n) is 2.70. The lowest BCUT2D eigenvalue weighted by molar-refractivity contribution is 0.715. The summed E-state index contributed by atoms with van der Waals surface area (Å²) in [4.78, 5) is 2.14. The van der Waals surface area contributed by atoms with Crippen molar-refractivity contribution in [3.63, 3.8) is 0 Å². The summed E-state index contributed by atoms with van der Waals surface area (Å²) < 4.78 is 0. The minimum absolute atomic E-state index is 0.367. The molecule has 3 heteroatoms. The quantitative estimate of drug-likeness (QED) is 0.839. The lowest BCUT2D eigenvalue weighted by atomic mass is 10.1. The highest BCUT2D eigenvalue weighted by Crippen LogP contribution is 2.19. The molecule has 0 bridgehead atoms. The Kier molecular flexibility index (Phi) is 4.33. The van der Waals surface area contributed by atoms with Crippen molar-refractivity contribution in [2.75, 3.05) is 18.5 Å². The van der Waals surface area contributed by atoms with Gasteiger partial charge in [-0.15, -0.1) is 0 Å². The Morgan fingerprint density at radius 1 is 1.44 bits per heavy atom. The van der Waals surface area contributed by atoms with Gasteiger partial charge in [0, 0.05) is 19.3 Å². The van der Waals surface area contributed by atoms with Crippen molar-refractivity contribution in [2.24, 2.45) is 5.73 Å². The smallest absolute Gasteiger partial charge is 0.0944 e. The minimum Gasteiger partial charge on any atom is -0.374 e. The van der Waals surface area contributed by atoms with Gasteiger partial charge >= 0.3 is 0 Å². The van der Waals surface area contributed by atoms with Gasteiger partial charge in [-0.3, -0.25) is 0 Å². The normalized spacial score (nSPS) is 11.9. The van der Waals surface area contributed by atoms with Crippen molar-refractivity contribution in [3.05, 3.63) is 29.3 Å². The highest BCUT2D eigenvalue weighted by Gasteiger charge is 2.06. The van der Waals surface area contributed by atoms with Crippen molar-refractivity contribution in [1.29, 1.82) is 5.26 Å². The first-order valence-electron chi connectivity index (χ1n) is 5.48. The van der Waals surface area contributed by atoms with E-state index in [2.05, 4.69) is 36.9 Å². The average molecular weight is 217 g/mol. The van der Waals surface area contributed by atoms with Crippen LogP contribution < -0.4 is 10.6 Å². The molecular formula is C13H19N3. The van der Waals surface area contributed by atoms with Crippen LogP contribution >= 0.6 is 0 Å². The Morgan fingerprint density at radius 3 is 2.69 bits per heavy atom. The van der Waals surface area contributed by atoms with Crippen LogP contribution in [0.2, 0.25) is 0 Å². The lowest BCUT2D eigenvalue weighted by Gasteiger charge is -2.22. The molecule has 0 aliphatic rings. The Labute approximate surface area is 97.5 Å². The zero-order valence-corrected chi connectivity index (χ0v) is 10.2. The van der Waals surface area contributed by atoms with Crippen LogP contribution in [0.3, 0.4) is 0 Å². The number of nitrogens with two attached hydrogens (primary N) is 1. The Balaban J connectivity index is 2.66. The molecule has 0 aliphatic heterocycles. The van der Waals surface area contributed by atoms with Crippen molar-refractivity contribution in [3.8, 4) is 6.07 Å². The lowest BCUT2D eigenvalue weighted by Crippen LogP contribution is -2.27. The molecule has 1 aromatic carbocycles. The molecule has 0 amide bonds. The van der Waals surface area contributed by atoms with Gasteiger partial charge in [0.15, 0.2) is 0 Å². The molecule has 3 nitrogen and oxygen atoms in total. The maximum Gasteiger partial charge on any atom is 0.0944 e. The van der Waals surface area contributed by atoms with Gasteiger partial charge in [-0.05, 0) is 31.9 Å². The molecule has 0 aromatic heterocycles. The maximum atomic E-state index is 8.62. The second-order valence-electron chi connectivity index (χ2n) is 4.24. The molecule has 0 fully saturated rings. The number of nitriles is 1. The van der Waals surface area contributed by atoms with E-state index in [4.69, 9.17) is 11.0 Å². The van der Waals surface area contributed by atoms with Crippen LogP contribution in [0.25, 0.3) is 0 Å². The van der Waals surface area contributed by atoms with E-state index in [1.807, 2.05) is 13.1 Å². The van der Waals surface area contributed by atoms with Gasteiger partial charge in [0.1, 0.15) is 0 Å². The van der Waals surface area contributed by atoms with Gasteiger partial charge in [0.25, 0.3) is 0 Å². The number of aryl methyl sites for hydroxylation is 2. The second kappa shape index (κ2) is 5.53. The van der Waals surface area contributed by atoms with E-state index in [0.29, 0.717) is 6.42 Å². The zero-order valence-electron chi connectivity index (χ0n) is 10.2. The SMILES string of the molecule is Cc1ccc(N(C)CCC(N)C#N)c(C)c1. The molecule has 86 valence electrons. The first kappa shape index (κ1) is 12.5. The maximum absolute atomic E-state index is 8.62. The Morgan fingerprint density at radius 2 is 2.12 bits per heavy atom. The van der Waals surface area contributed by atoms with Gasteiger partial charge in [-0.25, -0.2) is 0 Å². The number of hydrogen-bond acceptors (Lipinski definition) is 3. The van der Waals surface area contributed by atoms with Crippen molar-refractivity contribution >= 4 is 5.69 Å². The molecule has 2 N–H and O–H groups in total. The van der Waals surface area contributed by atoms with Crippen LogP contribution in [0.5, 0.6) is 0 Å². The van der Waals surface area contributed by atoms with Crippen LogP contribution in [-0.4, -0.2) is 19.6 Å². The zero-order chi connectivity index (χ0) is 12.1. The summed E-state index contributed by atoms with van der Waals surface area (Å²) in [6.07, 6.45) is 0.695. The highest BCUT2D eigenvalue weighted by atomic mass is 15.1. The summed E-state index contributed by atoms with van der Waals surface area (Å²) in [5, 5.41) is 8.62. The van der Waals surface area contributed by atoms with Gasteiger partial charge in [-0.1, -0.05) is 17.7 Å². The Hall–Kier alpha value is -1.53. The summed E-state index contributed by atoms with van der Waals surface area (Å²) in [6.45, 7) is 4.99. The Bertz CT molecular complexity index is 393. The van der Waals surface area contributed by atoms with Gasteiger partial charge in [0.05, 0.1) is 12.1 Å². The summed E-state index contributed by atoms with van der Waals surface area (Å²) in [5.74, 6) is 0. The summed E-state index contributed by atoms with van der Waals surface area (Å²) in [7, 11) is 2.03. The highest BCUT2D eigenvalue weighted by molar-refractivity contribution is 5.53. The first-order chi connectivity index (χ1) is 7.54. The molecule has 1 rings (SSSR count). The van der Waals surface area contributed by atoms with E-state index < -0.39 is 0 Å². The van der Waals surface area contributed by atoms with E-state index in [0.717, 1.165) is 6.54 Å². The minimum atomic E-state index is -0.367. The molecular weight excluding hydrogens is 198 g/mol. The second-order valence-corrected chi connectivity index (χ2v) is 4.24. The fraction of sp³-hybridized carbons (Fsp3) is 0.462. The average Bonchev–Trinajstić information content (AvgIpc) is 2.25. The molecule has 0 saturated heterocycles. The van der Waals surface area contributed by atoms with Gasteiger partial charge in [-0.2, -0.15) is 5.26 Å². The summed E-state index contributed by atoms with van der Waals surface area (Å²) in [6, 6.07) is 8.06. The van der Waals surface area contributed by atoms with Crippen LogP contribution in [-0.2, 0) is 0 Å². The fourth-order valence-corrected chi connectivity index (χ4v) is 1.75. The molecule has 0 spiro atoms. The summed E-state index contributed by atoms with van der Waals surface area (Å²) >= 11 is 0. The van der Waals surface area contributed by atoms with Crippen LogP contribution in [0.1, 0.15) is 17.5 Å². The fourth-order valence-electron chi connectivity index (χ4n) is 1.75. The number of hydrogen-bond donors (Lipinski definition) is 1. The van der Waals surface area contributed by atoms with Gasteiger partial charge in [0.2, 0.25) is 0 Å². The van der Waals surface area contributed by atoms with Crippen molar-refractivity contribution < 1.29 is 0 Å². The standard InChI is InChI=1S/C13H19N3/c1-10-4-5-13(11(2)8-10)16(3)7-6-12(15)9-14/h4-5,8,12H,6-7,15H2,1-3H3. The number of nitrogens with zero attached hydrogens (tertiary/aromatic N) is 2. The molecule has 0 radical (unpaired) electrons. The van der Waals surface area contributed by atoms with Crippen molar-refractivity contribution in [1.82, 2.24) is 0 Å². The van der Waals surface area contributed by atoms with Crippen molar-refractivity contribution in [2.45, 2.75) is 26.3 Å². The first-order valence-corrected chi connectivity index (χ1v) is 5.48. The third kappa shape index (κ3) is 3.25. The molecule has 1 unspecified atom stereocenters. The molecule has 0 heterocycles. The van der Waals surface area contributed by atoms with Crippen LogP contribution in [0.15, 0.2) is 18.2 Å². The largest absolute Gasteiger partial charge is 0.374 e. The van der Waals surface area contributed by atoms with Gasteiger partial charge < -0.3 is 10.6 Å². The van der Waals surface area contributed by atoms with E-state index in [9.17, 15) is 0 Å². The molecule has 1 atom stereocenters. The van der Waals surface area contributed by atoms with E-state index >= 15 is 0 Å². The van der Waals surface area contributed by atoms with Crippen LogP contribution in [0.4, 0.5) is 5.69 Å². The van der Waals surface area contributed by atoms with Crippen LogP contribution in [0, 0.1) is 25.2 Å². The van der Waals surface area contributed by atoms with E-state index in [1.54, 1.807) is 0 Å². The molecule has 1 aromatic rings. The molecule has 16 heavy (non-hydrogen) atoms. The predicted octanol–water partition coefficient (Wildman–Crippen LogP) is 1.98. The number of rotatable bonds is 4. The van der Waals surface area contributed by atoms with E-state index in [-0.39, 0.29) is 6.04 Å². The molecule has 0 aliphatic carbocycles. The number of benzene rings is 1. The summed E-state index contributed by atoms with van der Waals surface area (Å²) in [5.41, 5.74) is 9.30. The van der Waals surface area contributed by atoms with E-state index in [1.165, 1.54) is 16.8 Å². The monoisotopic (exact) mass is 217 g/mol.